The number of ketones is 1. The van der Waals surface area contributed by atoms with Crippen molar-refractivity contribution in [1.29, 1.82) is 0 Å². The second kappa shape index (κ2) is 12.6. The predicted molar refractivity (Wildman–Crippen MR) is 163 cm³/mol. The first-order valence-electron chi connectivity index (χ1n) is 13.9. The molecule has 1 saturated heterocycles. The van der Waals surface area contributed by atoms with E-state index in [0.29, 0.717) is 10.9 Å². The van der Waals surface area contributed by atoms with Gasteiger partial charge in [0.25, 0.3) is 5.56 Å². The number of nitrogens with one attached hydrogen (secondary N) is 1. The molecule has 1 N–H and O–H groups in total. The smallest absolute Gasteiger partial charge is 0.408 e. The van der Waals surface area contributed by atoms with Crippen molar-refractivity contribution < 1.29 is 28.7 Å². The zero-order chi connectivity index (χ0) is 31.8. The second-order valence-electron chi connectivity index (χ2n) is 13.0. The number of esters is 1. The van der Waals surface area contributed by atoms with Gasteiger partial charge in [0.2, 0.25) is 5.91 Å². The lowest BCUT2D eigenvalue weighted by molar-refractivity contribution is -0.152. The molecule has 1 aromatic heterocycles. The van der Waals surface area contributed by atoms with Gasteiger partial charge in [-0.2, -0.15) is 5.10 Å². The van der Waals surface area contributed by atoms with Gasteiger partial charge in [-0.25, -0.2) is 9.48 Å². The van der Waals surface area contributed by atoms with Gasteiger partial charge in [0.1, 0.15) is 16.1 Å². The summed E-state index contributed by atoms with van der Waals surface area (Å²) < 4.78 is 12.7. The average Bonchev–Trinajstić information content (AvgIpc) is 3.41. The lowest BCUT2D eigenvalue weighted by atomic mass is 9.85. The summed E-state index contributed by atoms with van der Waals surface area (Å²) in [5.74, 6) is -1.52. The zero-order valence-corrected chi connectivity index (χ0v) is 28.3. The van der Waals surface area contributed by atoms with Gasteiger partial charge in [0, 0.05) is 13.0 Å². The fourth-order valence-electron chi connectivity index (χ4n) is 5.32. The highest BCUT2D eigenvalue weighted by atomic mass is 79.9. The topological polar surface area (TPSA) is 137 Å². The molecule has 1 aliphatic heterocycles. The number of nitrogens with zero attached hydrogens (tertiary/aromatic N) is 3. The third-order valence-electron chi connectivity index (χ3n) is 7.54. The summed E-state index contributed by atoms with van der Waals surface area (Å²) in [6, 6.07) is -2.65. The number of carbonyl (C=O) groups is 4. The first-order valence-corrected chi connectivity index (χ1v) is 15.5. The molecule has 232 valence electrons. The maximum absolute atomic E-state index is 14.2. The van der Waals surface area contributed by atoms with E-state index < -0.39 is 58.1 Å². The molecule has 42 heavy (non-hydrogen) atoms. The number of allylic oxidation sites excluding steroid dienone is 1. The maximum Gasteiger partial charge on any atom is 0.408 e. The highest BCUT2D eigenvalue weighted by molar-refractivity contribution is 9.13. The molecule has 2 fully saturated rings. The van der Waals surface area contributed by atoms with E-state index in [1.807, 2.05) is 0 Å². The molecule has 2 amide bonds. The van der Waals surface area contributed by atoms with Crippen LogP contribution in [0.1, 0.15) is 73.8 Å². The molecule has 1 saturated carbocycles. The SMILES string of the molecule is C=C[C@@H]1C[C@]1(CC(=O)[C@@H]1C[C@@H](n2ncc(Br)c(Br)c2=O)CN1C(=O)[C@@H](NC(=O)OC(C)(C)C)C(C)(C)C)C(=O)OCC. The molecule has 2 aliphatic rings. The van der Waals surface area contributed by atoms with E-state index in [9.17, 15) is 24.0 Å². The summed E-state index contributed by atoms with van der Waals surface area (Å²) in [6.45, 7) is 16.2. The van der Waals surface area contributed by atoms with Crippen molar-refractivity contribution in [1.82, 2.24) is 20.0 Å². The fraction of sp³-hybridized carbons (Fsp3) is 0.655. The molecule has 5 atom stereocenters. The Morgan fingerprint density at radius 2 is 1.86 bits per heavy atom. The third-order valence-corrected chi connectivity index (χ3v) is 9.44. The monoisotopic (exact) mass is 714 g/mol. The van der Waals surface area contributed by atoms with E-state index >= 15 is 0 Å². The molecule has 1 aromatic rings. The number of aromatic nitrogens is 2. The van der Waals surface area contributed by atoms with Gasteiger partial charge in [-0.15, -0.1) is 6.58 Å². The van der Waals surface area contributed by atoms with Crippen molar-refractivity contribution in [3.8, 4) is 0 Å². The number of amides is 2. The number of ether oxygens (including phenoxy) is 2. The first kappa shape index (κ1) is 34.0. The summed E-state index contributed by atoms with van der Waals surface area (Å²) in [5, 5.41) is 6.95. The molecule has 13 heteroatoms. The molecule has 0 radical (unpaired) electrons. The van der Waals surface area contributed by atoms with Gasteiger partial charge in [-0.3, -0.25) is 19.2 Å². The Morgan fingerprint density at radius 1 is 1.21 bits per heavy atom. The van der Waals surface area contributed by atoms with E-state index in [1.54, 1.807) is 54.5 Å². The minimum atomic E-state index is -1.05. The number of likely N-dealkylation sites (tertiary alicyclic amines) is 1. The number of alkyl carbamates (subject to hydrolysis) is 1. The van der Waals surface area contributed by atoms with Crippen molar-refractivity contribution in [2.45, 2.75) is 91.5 Å². The van der Waals surface area contributed by atoms with Crippen molar-refractivity contribution in [2.75, 3.05) is 13.2 Å². The number of hydrogen-bond donors (Lipinski definition) is 1. The number of hydrogen-bond acceptors (Lipinski definition) is 8. The van der Waals surface area contributed by atoms with E-state index in [2.05, 4.69) is 48.9 Å². The molecule has 11 nitrogen and oxygen atoms in total. The normalized spacial score (nSPS) is 24.5. The summed E-state index contributed by atoms with van der Waals surface area (Å²) >= 11 is 6.55. The van der Waals surface area contributed by atoms with Crippen molar-refractivity contribution in [3.63, 3.8) is 0 Å². The summed E-state index contributed by atoms with van der Waals surface area (Å²) in [5.41, 5.74) is -3.00. The van der Waals surface area contributed by atoms with Crippen LogP contribution in [0, 0.1) is 16.7 Å². The van der Waals surface area contributed by atoms with E-state index in [4.69, 9.17) is 9.47 Å². The third kappa shape index (κ3) is 7.32. The van der Waals surface area contributed by atoms with E-state index in [-0.39, 0.29) is 42.2 Å². The highest BCUT2D eigenvalue weighted by Crippen LogP contribution is 2.57. The summed E-state index contributed by atoms with van der Waals surface area (Å²) in [4.78, 5) is 68.3. The van der Waals surface area contributed by atoms with Crippen LogP contribution < -0.4 is 10.9 Å². The Kier molecular flexibility index (Phi) is 10.2. The number of rotatable bonds is 9. The van der Waals surface area contributed by atoms with Gasteiger partial charge in [0.15, 0.2) is 5.78 Å². The van der Waals surface area contributed by atoms with Gasteiger partial charge in [0.05, 0.1) is 34.8 Å². The molecular weight excluding hydrogens is 676 g/mol. The van der Waals surface area contributed by atoms with Crippen LogP contribution in [0.5, 0.6) is 0 Å². The molecule has 2 heterocycles. The fourth-order valence-corrected chi connectivity index (χ4v) is 5.87. The van der Waals surface area contributed by atoms with Crippen LogP contribution in [0.3, 0.4) is 0 Å². The highest BCUT2D eigenvalue weighted by Gasteiger charge is 2.61. The molecular formula is C29H40Br2N4O7. The second-order valence-corrected chi connectivity index (χ2v) is 14.6. The van der Waals surface area contributed by atoms with Crippen LogP contribution >= 0.6 is 31.9 Å². The van der Waals surface area contributed by atoms with Crippen LogP contribution in [0.25, 0.3) is 0 Å². The lowest BCUT2D eigenvalue weighted by Gasteiger charge is -2.36. The predicted octanol–water partition coefficient (Wildman–Crippen LogP) is 4.56. The van der Waals surface area contributed by atoms with Crippen LogP contribution in [-0.2, 0) is 23.9 Å². The van der Waals surface area contributed by atoms with Crippen molar-refractivity contribution >= 4 is 55.6 Å². The van der Waals surface area contributed by atoms with Gasteiger partial charge in [-0.1, -0.05) is 26.8 Å². The summed E-state index contributed by atoms with van der Waals surface area (Å²) in [6.07, 6.45) is 2.73. The van der Waals surface area contributed by atoms with E-state index in [0.717, 1.165) is 0 Å². The van der Waals surface area contributed by atoms with Crippen LogP contribution in [-0.4, -0.2) is 69.3 Å². The largest absolute Gasteiger partial charge is 0.466 e. The number of carbonyl (C=O) groups excluding carboxylic acids is 4. The average molecular weight is 716 g/mol. The minimum Gasteiger partial charge on any atom is -0.466 e. The Hall–Kier alpha value is -2.54. The molecule has 0 unspecified atom stereocenters. The van der Waals surface area contributed by atoms with Crippen molar-refractivity contribution in [2.24, 2.45) is 16.7 Å². The molecule has 3 rings (SSSR count). The van der Waals surface area contributed by atoms with Crippen LogP contribution in [0.2, 0.25) is 0 Å². The Labute approximate surface area is 263 Å². The Morgan fingerprint density at radius 3 is 2.38 bits per heavy atom. The molecule has 0 bridgehead atoms. The number of Topliss-reactive ketones (excluding diaryl/α,β-unsaturated/α-hetero) is 1. The first-order chi connectivity index (χ1) is 19.4. The van der Waals surface area contributed by atoms with Crippen LogP contribution in [0.4, 0.5) is 4.79 Å². The lowest BCUT2D eigenvalue weighted by Crippen LogP contribution is -2.57. The quantitative estimate of drug-likeness (QED) is 0.290. The van der Waals surface area contributed by atoms with Gasteiger partial charge < -0.3 is 19.7 Å². The molecule has 1 aliphatic carbocycles. The van der Waals surface area contributed by atoms with E-state index in [1.165, 1.54) is 15.8 Å². The molecule has 0 spiro atoms. The summed E-state index contributed by atoms with van der Waals surface area (Å²) in [7, 11) is 0. The standard InChI is InChI=1S/C29H40Br2N4O7/c1-9-16-12-29(16,25(39)41-10-2)13-20(36)19-11-17(35-23(37)21(31)18(30)14-32-35)15-34(19)24(38)22(27(3,4)5)33-26(40)42-28(6,7)8/h9,14,16-17,19,22H,1,10-13,15H2,2-8H3,(H,33,40)/t16-,17-,19+,22-,29-/m1/s1. The Balaban J connectivity index is 2.00. The van der Waals surface area contributed by atoms with Crippen molar-refractivity contribution in [3.05, 3.63) is 38.2 Å². The van der Waals surface area contributed by atoms with Gasteiger partial charge >= 0.3 is 12.1 Å². The van der Waals surface area contributed by atoms with Crippen LogP contribution in [0.15, 0.2) is 32.6 Å². The van der Waals surface area contributed by atoms with Gasteiger partial charge in [-0.05, 0) is 83.7 Å². The maximum atomic E-state index is 14.2. The Bertz CT molecular complexity index is 1320. The minimum absolute atomic E-state index is 0.00388. The number of halogens is 2. The molecule has 0 aromatic carbocycles. The zero-order valence-electron chi connectivity index (χ0n) is 25.2.